The first-order valence-electron chi connectivity index (χ1n) is 6.82. The fourth-order valence-electron chi connectivity index (χ4n) is 2.23. The maximum atomic E-state index is 5.55. The molecule has 22 heavy (non-hydrogen) atoms. The van der Waals surface area contributed by atoms with Crippen LogP contribution in [0.1, 0.15) is 0 Å². The zero-order valence-electron chi connectivity index (χ0n) is 11.6. The van der Waals surface area contributed by atoms with Crippen molar-refractivity contribution < 1.29 is 4.42 Å². The van der Waals surface area contributed by atoms with Crippen molar-refractivity contribution in [1.29, 1.82) is 0 Å². The molecule has 108 valence electrons. The lowest BCUT2D eigenvalue weighted by atomic mass is 10.2. The number of hydrogen-bond acceptors (Lipinski definition) is 6. The maximum absolute atomic E-state index is 5.55. The van der Waals surface area contributed by atoms with E-state index < -0.39 is 0 Å². The SMILES string of the molecule is C1=CN(c2nc(-c3ccco3)c(-c3ccncc3)s2)CC=N1. The van der Waals surface area contributed by atoms with Gasteiger partial charge < -0.3 is 9.32 Å². The molecule has 0 fully saturated rings. The first kappa shape index (κ1) is 13.0. The van der Waals surface area contributed by atoms with E-state index in [9.17, 15) is 0 Å². The Balaban J connectivity index is 1.83. The fraction of sp³-hybridized carbons (Fsp3) is 0.0625. The molecule has 0 atom stereocenters. The van der Waals surface area contributed by atoms with Gasteiger partial charge in [0.1, 0.15) is 5.69 Å². The van der Waals surface area contributed by atoms with Gasteiger partial charge in [-0.1, -0.05) is 11.3 Å². The highest BCUT2D eigenvalue weighted by molar-refractivity contribution is 7.19. The van der Waals surface area contributed by atoms with E-state index in [1.165, 1.54) is 0 Å². The van der Waals surface area contributed by atoms with Gasteiger partial charge >= 0.3 is 0 Å². The summed E-state index contributed by atoms with van der Waals surface area (Å²) >= 11 is 1.63. The second kappa shape index (κ2) is 5.57. The normalized spacial score (nSPS) is 13.7. The van der Waals surface area contributed by atoms with Gasteiger partial charge in [-0.2, -0.15) is 0 Å². The lowest BCUT2D eigenvalue weighted by Crippen LogP contribution is -2.19. The summed E-state index contributed by atoms with van der Waals surface area (Å²) in [4.78, 5) is 16.1. The molecule has 0 unspecified atom stereocenters. The smallest absolute Gasteiger partial charge is 0.191 e. The minimum atomic E-state index is 0.720. The Morgan fingerprint density at radius 2 is 2.09 bits per heavy atom. The van der Waals surface area contributed by atoms with E-state index in [2.05, 4.69) is 14.9 Å². The summed E-state index contributed by atoms with van der Waals surface area (Å²) in [6.45, 7) is 0.720. The third-order valence-corrected chi connectivity index (χ3v) is 4.42. The molecule has 0 saturated heterocycles. The van der Waals surface area contributed by atoms with Crippen molar-refractivity contribution in [3.05, 3.63) is 55.3 Å². The van der Waals surface area contributed by atoms with Crippen molar-refractivity contribution in [2.24, 2.45) is 4.99 Å². The quantitative estimate of drug-likeness (QED) is 0.738. The number of furan rings is 1. The van der Waals surface area contributed by atoms with Gasteiger partial charge in [-0.25, -0.2) is 4.98 Å². The largest absolute Gasteiger partial charge is 0.463 e. The van der Waals surface area contributed by atoms with Crippen LogP contribution in [0.25, 0.3) is 21.9 Å². The zero-order chi connectivity index (χ0) is 14.8. The van der Waals surface area contributed by atoms with Crippen LogP contribution in [-0.2, 0) is 0 Å². The second-order valence-corrected chi connectivity index (χ2v) is 5.65. The van der Waals surface area contributed by atoms with Crippen molar-refractivity contribution in [3.8, 4) is 21.9 Å². The van der Waals surface area contributed by atoms with Crippen LogP contribution in [0.15, 0.2) is 64.7 Å². The summed E-state index contributed by atoms with van der Waals surface area (Å²) in [6, 6.07) is 7.77. The Kier molecular flexibility index (Phi) is 3.29. The number of nitrogens with zero attached hydrogens (tertiary/aromatic N) is 4. The minimum Gasteiger partial charge on any atom is -0.463 e. The first-order chi connectivity index (χ1) is 10.9. The molecule has 1 aliphatic heterocycles. The predicted octanol–water partition coefficient (Wildman–Crippen LogP) is 3.83. The molecule has 0 spiro atoms. The predicted molar refractivity (Wildman–Crippen MR) is 88.0 cm³/mol. The number of rotatable bonds is 3. The van der Waals surface area contributed by atoms with Gasteiger partial charge in [-0.15, -0.1) is 0 Å². The van der Waals surface area contributed by atoms with Crippen LogP contribution in [0.2, 0.25) is 0 Å². The Morgan fingerprint density at radius 3 is 2.82 bits per heavy atom. The number of aliphatic imine (C=N–C) groups is 1. The third kappa shape index (κ3) is 2.33. The molecule has 0 radical (unpaired) electrons. The van der Waals surface area contributed by atoms with Gasteiger partial charge in [0.25, 0.3) is 0 Å². The highest BCUT2D eigenvalue weighted by Crippen LogP contribution is 2.40. The third-order valence-electron chi connectivity index (χ3n) is 3.28. The number of hydrogen-bond donors (Lipinski definition) is 0. The molecule has 0 N–H and O–H groups in total. The highest BCUT2D eigenvalue weighted by atomic mass is 32.1. The van der Waals surface area contributed by atoms with Crippen LogP contribution in [0.4, 0.5) is 5.13 Å². The van der Waals surface area contributed by atoms with Crippen LogP contribution < -0.4 is 4.90 Å². The number of pyridine rings is 1. The van der Waals surface area contributed by atoms with E-state index in [0.29, 0.717) is 0 Å². The summed E-state index contributed by atoms with van der Waals surface area (Å²) in [5.74, 6) is 0.768. The Morgan fingerprint density at radius 1 is 1.18 bits per heavy atom. The van der Waals surface area contributed by atoms with Crippen LogP contribution in [0, 0.1) is 0 Å². The lowest BCUT2D eigenvalue weighted by Gasteiger charge is -2.15. The van der Waals surface area contributed by atoms with Gasteiger partial charge in [-0.3, -0.25) is 9.98 Å². The van der Waals surface area contributed by atoms with Gasteiger partial charge in [-0.05, 0) is 29.8 Å². The van der Waals surface area contributed by atoms with E-state index in [-0.39, 0.29) is 0 Å². The Bertz CT molecular complexity index is 821. The topological polar surface area (TPSA) is 54.5 Å². The number of anilines is 1. The minimum absolute atomic E-state index is 0.720. The lowest BCUT2D eigenvalue weighted by molar-refractivity contribution is 0.580. The Labute approximate surface area is 131 Å². The van der Waals surface area contributed by atoms with Crippen molar-refractivity contribution in [1.82, 2.24) is 9.97 Å². The molecule has 0 amide bonds. The molecule has 4 rings (SSSR count). The molecule has 1 aliphatic rings. The van der Waals surface area contributed by atoms with Crippen LogP contribution in [0.5, 0.6) is 0 Å². The molecule has 3 aromatic rings. The van der Waals surface area contributed by atoms with E-state index in [1.807, 2.05) is 36.7 Å². The van der Waals surface area contributed by atoms with Gasteiger partial charge in [0.2, 0.25) is 0 Å². The molecule has 0 aromatic carbocycles. The van der Waals surface area contributed by atoms with Crippen LogP contribution >= 0.6 is 11.3 Å². The number of thiazole rings is 1. The highest BCUT2D eigenvalue weighted by Gasteiger charge is 2.19. The molecular weight excluding hydrogens is 296 g/mol. The van der Waals surface area contributed by atoms with Crippen molar-refractivity contribution in [2.45, 2.75) is 0 Å². The molecule has 5 nitrogen and oxygen atoms in total. The monoisotopic (exact) mass is 308 g/mol. The molecule has 0 saturated carbocycles. The molecule has 4 heterocycles. The molecule has 0 bridgehead atoms. The summed E-state index contributed by atoms with van der Waals surface area (Å²) in [6.07, 6.45) is 10.8. The second-order valence-electron chi connectivity index (χ2n) is 4.67. The molecular formula is C16H12N4OS. The van der Waals surface area contributed by atoms with E-state index >= 15 is 0 Å². The molecule has 3 aromatic heterocycles. The Hall–Kier alpha value is -2.73. The molecule has 6 heteroatoms. The van der Waals surface area contributed by atoms with E-state index in [1.54, 1.807) is 36.2 Å². The summed E-state index contributed by atoms with van der Waals surface area (Å²) in [5.41, 5.74) is 1.94. The van der Waals surface area contributed by atoms with Gasteiger partial charge in [0.05, 0.1) is 17.7 Å². The van der Waals surface area contributed by atoms with Gasteiger partial charge in [0.15, 0.2) is 10.9 Å². The number of aromatic nitrogens is 2. The average molecular weight is 308 g/mol. The van der Waals surface area contributed by atoms with Gasteiger partial charge in [0, 0.05) is 31.0 Å². The maximum Gasteiger partial charge on any atom is 0.191 e. The first-order valence-corrected chi connectivity index (χ1v) is 7.63. The summed E-state index contributed by atoms with van der Waals surface area (Å²) in [7, 11) is 0. The summed E-state index contributed by atoms with van der Waals surface area (Å²) in [5, 5.41) is 0.917. The van der Waals surface area contributed by atoms with Crippen molar-refractivity contribution >= 4 is 22.7 Å². The van der Waals surface area contributed by atoms with E-state index in [4.69, 9.17) is 9.40 Å². The van der Waals surface area contributed by atoms with Crippen LogP contribution in [-0.4, -0.2) is 22.7 Å². The van der Waals surface area contributed by atoms with E-state index in [0.717, 1.165) is 33.6 Å². The van der Waals surface area contributed by atoms with Crippen LogP contribution in [0.3, 0.4) is 0 Å². The summed E-state index contributed by atoms with van der Waals surface area (Å²) < 4.78 is 5.55. The fourth-order valence-corrected chi connectivity index (χ4v) is 3.30. The van der Waals surface area contributed by atoms with Crippen molar-refractivity contribution in [3.63, 3.8) is 0 Å². The average Bonchev–Trinajstić information content (AvgIpc) is 3.26. The zero-order valence-corrected chi connectivity index (χ0v) is 12.4. The van der Waals surface area contributed by atoms with Crippen molar-refractivity contribution in [2.75, 3.05) is 11.4 Å². The molecule has 0 aliphatic carbocycles. The standard InChI is InChI=1S/C16H12N4OS/c1-2-13(21-11-1)14-15(12-3-5-17-6-4-12)22-16(19-14)20-9-7-18-8-10-20/h1-9,11H,10H2.